The molecular formula is C60H38N2OS. The molecule has 0 bridgehead atoms. The molecule has 0 unspecified atom stereocenters. The Morgan fingerprint density at radius 2 is 1.00 bits per heavy atom. The number of benzene rings is 10. The average molecular weight is 835 g/mol. The molecule has 0 spiro atoms. The highest BCUT2D eigenvalue weighted by Gasteiger charge is 2.26. The number of hydrogen-bond acceptors (Lipinski definition) is 3. The van der Waals surface area contributed by atoms with Gasteiger partial charge < -0.3 is 13.9 Å². The lowest BCUT2D eigenvalue weighted by Crippen LogP contribution is -2.10. The van der Waals surface area contributed by atoms with Gasteiger partial charge in [0.15, 0.2) is 0 Å². The summed E-state index contributed by atoms with van der Waals surface area (Å²) in [6, 6.07) is 83.2. The number of hydrogen-bond donors (Lipinski definition) is 0. The maximum atomic E-state index is 7.12. The smallest absolute Gasteiger partial charge is 0.145 e. The Kier molecular flexibility index (Phi) is 8.40. The van der Waals surface area contributed by atoms with Gasteiger partial charge in [-0.25, -0.2) is 0 Å². The Bertz CT molecular complexity index is 3890. The lowest BCUT2D eigenvalue weighted by Gasteiger charge is -2.27. The zero-order chi connectivity index (χ0) is 42.1. The molecule has 0 radical (unpaired) electrons. The van der Waals surface area contributed by atoms with E-state index >= 15 is 0 Å². The van der Waals surface area contributed by atoms with E-state index in [0.717, 1.165) is 72.5 Å². The van der Waals surface area contributed by atoms with Crippen molar-refractivity contribution < 1.29 is 4.42 Å². The minimum absolute atomic E-state index is 0.856. The summed E-state index contributed by atoms with van der Waals surface area (Å²) in [5.41, 5.74) is 15.4. The largest absolute Gasteiger partial charge is 0.455 e. The summed E-state index contributed by atoms with van der Waals surface area (Å²) >= 11 is 1.88. The molecule has 0 aliphatic heterocycles. The monoisotopic (exact) mass is 834 g/mol. The number of fused-ring (bicyclic) bond motifs is 9. The topological polar surface area (TPSA) is 21.3 Å². The second-order valence-corrected chi connectivity index (χ2v) is 17.4. The molecule has 10 aromatic carbocycles. The van der Waals surface area contributed by atoms with Gasteiger partial charge in [-0.2, -0.15) is 0 Å². The predicted octanol–water partition coefficient (Wildman–Crippen LogP) is 17.5. The summed E-state index contributed by atoms with van der Waals surface area (Å²) in [5.74, 6) is 0. The Morgan fingerprint density at radius 1 is 0.375 bits per heavy atom. The van der Waals surface area contributed by atoms with Gasteiger partial charge in [-0.15, -0.1) is 11.3 Å². The van der Waals surface area contributed by atoms with Gasteiger partial charge in [0, 0.05) is 48.6 Å². The number of para-hydroxylation sites is 2. The molecule has 0 amide bonds. The van der Waals surface area contributed by atoms with Crippen molar-refractivity contribution in [3.63, 3.8) is 0 Å². The molecule has 3 aromatic heterocycles. The van der Waals surface area contributed by atoms with Crippen LogP contribution in [0.1, 0.15) is 0 Å². The molecule has 13 aromatic rings. The van der Waals surface area contributed by atoms with E-state index in [2.05, 4.69) is 240 Å². The molecule has 0 aliphatic carbocycles. The van der Waals surface area contributed by atoms with Crippen LogP contribution in [0.25, 0.3) is 103 Å². The minimum atomic E-state index is 0.856. The van der Waals surface area contributed by atoms with E-state index in [9.17, 15) is 0 Å². The minimum Gasteiger partial charge on any atom is -0.455 e. The third-order valence-electron chi connectivity index (χ3n) is 12.8. The molecule has 13 rings (SSSR count). The lowest BCUT2D eigenvalue weighted by molar-refractivity contribution is 0.670. The fourth-order valence-corrected chi connectivity index (χ4v) is 11.2. The Labute approximate surface area is 373 Å². The number of nitrogens with zero attached hydrogens (tertiary/aromatic N) is 2. The number of furan rings is 1. The summed E-state index contributed by atoms with van der Waals surface area (Å²) in [7, 11) is 0. The van der Waals surface area contributed by atoms with Gasteiger partial charge in [0.1, 0.15) is 11.2 Å². The first-order chi connectivity index (χ1) is 31.8. The highest BCUT2D eigenvalue weighted by atomic mass is 32.1. The first-order valence-electron chi connectivity index (χ1n) is 21.8. The van der Waals surface area contributed by atoms with E-state index in [1.165, 1.54) is 47.6 Å². The molecule has 3 heterocycles. The van der Waals surface area contributed by atoms with Crippen molar-refractivity contribution >= 4 is 92.3 Å². The van der Waals surface area contributed by atoms with Crippen LogP contribution in [0, 0.1) is 0 Å². The van der Waals surface area contributed by atoms with Crippen LogP contribution in [0.5, 0.6) is 0 Å². The van der Waals surface area contributed by atoms with Gasteiger partial charge in [0.25, 0.3) is 0 Å². The zero-order valence-electron chi connectivity index (χ0n) is 34.7. The van der Waals surface area contributed by atoms with Gasteiger partial charge in [0.05, 0.1) is 32.5 Å². The van der Waals surface area contributed by atoms with Crippen molar-refractivity contribution in [1.82, 2.24) is 4.57 Å². The summed E-state index contributed by atoms with van der Waals surface area (Å²) in [5, 5.41) is 7.05. The van der Waals surface area contributed by atoms with Gasteiger partial charge in [-0.05, 0) is 94.5 Å². The highest BCUT2D eigenvalue weighted by Crippen LogP contribution is 2.51. The second-order valence-electron chi connectivity index (χ2n) is 16.4. The van der Waals surface area contributed by atoms with E-state index < -0.39 is 0 Å². The molecule has 0 fully saturated rings. The number of thiophene rings is 1. The van der Waals surface area contributed by atoms with Gasteiger partial charge >= 0.3 is 0 Å². The van der Waals surface area contributed by atoms with Crippen molar-refractivity contribution in [1.29, 1.82) is 0 Å². The van der Waals surface area contributed by atoms with Crippen LogP contribution in [0.2, 0.25) is 0 Å². The van der Waals surface area contributed by atoms with Gasteiger partial charge in [-0.3, -0.25) is 0 Å². The standard InChI is InChI=1S/C60H38N2OS/c1-5-17-39(18-6-1)42-31-33-50-56(37-42)63-58-45(40-19-7-2-8-20-40)34-36-54(57(50)58)62(44-32-35-53-51(38-44)47-25-13-14-29-52(47)61(53)43-23-11-4-12-24-43)55-30-16-28-49-48-27-15-26-46(59(48)64-60(49)55)41-21-9-3-10-22-41/h1-38H. The number of aromatic nitrogens is 1. The molecular weight excluding hydrogens is 797 g/mol. The van der Waals surface area contributed by atoms with E-state index in [1.807, 2.05) is 11.3 Å². The molecule has 64 heavy (non-hydrogen) atoms. The van der Waals surface area contributed by atoms with Crippen molar-refractivity contribution in [2.24, 2.45) is 0 Å². The summed E-state index contributed by atoms with van der Waals surface area (Å²) in [6.07, 6.45) is 0. The maximum absolute atomic E-state index is 7.12. The predicted molar refractivity (Wildman–Crippen MR) is 272 cm³/mol. The normalized spacial score (nSPS) is 11.8. The van der Waals surface area contributed by atoms with Crippen LogP contribution in [0.15, 0.2) is 235 Å². The van der Waals surface area contributed by atoms with Gasteiger partial charge in [-0.1, -0.05) is 164 Å². The Hall–Kier alpha value is -8.18. The molecule has 3 nitrogen and oxygen atoms in total. The molecule has 0 atom stereocenters. The molecule has 300 valence electrons. The first-order valence-corrected chi connectivity index (χ1v) is 22.6. The highest BCUT2D eigenvalue weighted by molar-refractivity contribution is 7.27. The van der Waals surface area contributed by atoms with E-state index in [4.69, 9.17) is 4.42 Å². The van der Waals surface area contributed by atoms with Crippen molar-refractivity contribution in [2.75, 3.05) is 4.90 Å². The third kappa shape index (κ3) is 5.73. The van der Waals surface area contributed by atoms with E-state index in [1.54, 1.807) is 0 Å². The van der Waals surface area contributed by atoms with Crippen molar-refractivity contribution in [2.45, 2.75) is 0 Å². The summed E-state index contributed by atoms with van der Waals surface area (Å²) in [4.78, 5) is 2.49. The molecule has 0 N–H and O–H groups in total. The quantitative estimate of drug-likeness (QED) is 0.159. The second kappa shape index (κ2) is 14.7. The van der Waals surface area contributed by atoms with E-state index in [-0.39, 0.29) is 0 Å². The molecule has 0 saturated heterocycles. The van der Waals surface area contributed by atoms with Gasteiger partial charge in [0.2, 0.25) is 0 Å². The fraction of sp³-hybridized carbons (Fsp3) is 0. The zero-order valence-corrected chi connectivity index (χ0v) is 35.5. The summed E-state index contributed by atoms with van der Waals surface area (Å²) < 4.78 is 12.0. The lowest BCUT2D eigenvalue weighted by atomic mass is 9.98. The molecule has 0 saturated carbocycles. The number of rotatable bonds is 7. The van der Waals surface area contributed by atoms with Crippen molar-refractivity contribution in [3.8, 4) is 39.1 Å². The number of anilines is 3. The Morgan fingerprint density at radius 3 is 1.77 bits per heavy atom. The molecule has 4 heteroatoms. The fourth-order valence-electron chi connectivity index (χ4n) is 9.89. The summed E-state index contributed by atoms with van der Waals surface area (Å²) in [6.45, 7) is 0. The average Bonchev–Trinajstić information content (AvgIpc) is 4.05. The first kappa shape index (κ1) is 36.5. The SMILES string of the molecule is c1ccc(-c2ccc3c(c2)oc2c(-c4ccccc4)ccc(N(c4ccc5c(c4)c4ccccc4n5-c4ccccc4)c4cccc5c4sc4c(-c6ccccc6)cccc45)c23)cc1. The van der Waals surface area contributed by atoms with Crippen LogP contribution < -0.4 is 4.90 Å². The van der Waals surface area contributed by atoms with Crippen LogP contribution in [0.3, 0.4) is 0 Å². The third-order valence-corrected chi connectivity index (χ3v) is 14.1. The van der Waals surface area contributed by atoms with Crippen LogP contribution in [-0.2, 0) is 0 Å². The Balaban J connectivity index is 1.13. The molecule has 0 aliphatic rings. The van der Waals surface area contributed by atoms with Crippen LogP contribution in [0.4, 0.5) is 17.1 Å². The van der Waals surface area contributed by atoms with Crippen LogP contribution >= 0.6 is 11.3 Å². The van der Waals surface area contributed by atoms with Crippen molar-refractivity contribution in [3.05, 3.63) is 231 Å². The van der Waals surface area contributed by atoms with Crippen LogP contribution in [-0.4, -0.2) is 4.57 Å². The maximum Gasteiger partial charge on any atom is 0.145 e. The van der Waals surface area contributed by atoms with E-state index in [0.29, 0.717) is 0 Å².